The number of amides is 1. The lowest BCUT2D eigenvalue weighted by Gasteiger charge is -2.24. The van der Waals surface area contributed by atoms with Crippen LogP contribution in [0.25, 0.3) is 15.3 Å². The van der Waals surface area contributed by atoms with Crippen LogP contribution >= 0.6 is 11.3 Å². The van der Waals surface area contributed by atoms with Gasteiger partial charge in [0.2, 0.25) is 11.0 Å². The highest BCUT2D eigenvalue weighted by Gasteiger charge is 2.33. The van der Waals surface area contributed by atoms with E-state index in [9.17, 15) is 4.79 Å². The summed E-state index contributed by atoms with van der Waals surface area (Å²) < 4.78 is 2.91. The standard InChI is InChI=1S/C21H18N4OS/c1-12-8-9-16-17(10-12)27-21(22-16)25-20-19(13(2)24-25)15(11-18(26)23-20)14-6-4-3-5-7-14/h3-10,15H,11H2,1-2H3,(H,23,26)/t15-/m1/s1. The summed E-state index contributed by atoms with van der Waals surface area (Å²) in [5, 5.41) is 8.54. The van der Waals surface area contributed by atoms with Crippen molar-refractivity contribution in [2.45, 2.75) is 26.2 Å². The zero-order valence-electron chi connectivity index (χ0n) is 15.1. The zero-order chi connectivity index (χ0) is 18.5. The van der Waals surface area contributed by atoms with Gasteiger partial charge in [0.1, 0.15) is 5.82 Å². The second-order valence-corrected chi connectivity index (χ2v) is 7.95. The van der Waals surface area contributed by atoms with Crippen molar-refractivity contribution in [3.05, 3.63) is 70.9 Å². The number of benzene rings is 2. The van der Waals surface area contributed by atoms with Gasteiger partial charge in [-0.15, -0.1) is 0 Å². The Morgan fingerprint density at radius 2 is 1.96 bits per heavy atom. The van der Waals surface area contributed by atoms with Gasteiger partial charge in [0.15, 0.2) is 0 Å². The number of anilines is 1. The molecule has 27 heavy (non-hydrogen) atoms. The first-order valence-electron chi connectivity index (χ1n) is 8.92. The molecule has 6 heteroatoms. The highest BCUT2D eigenvalue weighted by atomic mass is 32.1. The molecule has 4 aromatic rings. The summed E-state index contributed by atoms with van der Waals surface area (Å²) in [5.41, 5.74) is 5.29. The minimum absolute atomic E-state index is 0.00876. The van der Waals surface area contributed by atoms with Gasteiger partial charge in [-0.25, -0.2) is 4.98 Å². The molecular formula is C21H18N4OS. The van der Waals surface area contributed by atoms with Crippen molar-refractivity contribution in [1.29, 1.82) is 0 Å². The third-order valence-electron chi connectivity index (χ3n) is 5.02. The number of aromatic nitrogens is 3. The van der Waals surface area contributed by atoms with Crippen molar-refractivity contribution in [2.75, 3.05) is 5.32 Å². The van der Waals surface area contributed by atoms with E-state index in [-0.39, 0.29) is 11.8 Å². The maximum absolute atomic E-state index is 12.4. The van der Waals surface area contributed by atoms with Crippen LogP contribution in [0.2, 0.25) is 0 Å². The van der Waals surface area contributed by atoms with Crippen LogP contribution in [0.5, 0.6) is 0 Å². The molecular weight excluding hydrogens is 356 g/mol. The largest absolute Gasteiger partial charge is 0.310 e. The van der Waals surface area contributed by atoms with Crippen LogP contribution < -0.4 is 5.32 Å². The lowest BCUT2D eigenvalue weighted by molar-refractivity contribution is -0.116. The monoisotopic (exact) mass is 374 g/mol. The van der Waals surface area contributed by atoms with E-state index in [0.29, 0.717) is 6.42 Å². The van der Waals surface area contributed by atoms with E-state index in [0.717, 1.165) is 38.0 Å². The van der Waals surface area contributed by atoms with Crippen LogP contribution in [0.3, 0.4) is 0 Å². The SMILES string of the molecule is Cc1ccc2nc(-n3nc(C)c4c3NC(=O)C[C@@H]4c3ccccc3)sc2c1. The maximum Gasteiger partial charge on any atom is 0.226 e. The van der Waals surface area contributed by atoms with Gasteiger partial charge < -0.3 is 5.32 Å². The molecule has 0 bridgehead atoms. The van der Waals surface area contributed by atoms with Crippen molar-refractivity contribution in [2.24, 2.45) is 0 Å². The summed E-state index contributed by atoms with van der Waals surface area (Å²) in [7, 11) is 0. The molecule has 1 aliphatic rings. The summed E-state index contributed by atoms with van der Waals surface area (Å²) >= 11 is 1.59. The molecule has 5 nitrogen and oxygen atoms in total. The van der Waals surface area contributed by atoms with E-state index >= 15 is 0 Å². The Kier molecular flexibility index (Phi) is 3.62. The first kappa shape index (κ1) is 16.2. The molecule has 0 radical (unpaired) electrons. The summed E-state index contributed by atoms with van der Waals surface area (Å²) in [5.74, 6) is 0.767. The summed E-state index contributed by atoms with van der Waals surface area (Å²) in [6, 6.07) is 16.4. The predicted octanol–water partition coefficient (Wildman–Crippen LogP) is 4.57. The molecule has 0 unspecified atom stereocenters. The molecule has 2 aromatic carbocycles. The highest BCUT2D eigenvalue weighted by Crippen LogP contribution is 2.41. The second-order valence-electron chi connectivity index (χ2n) is 6.94. The molecule has 1 atom stereocenters. The smallest absolute Gasteiger partial charge is 0.226 e. The van der Waals surface area contributed by atoms with Gasteiger partial charge in [-0.05, 0) is 37.1 Å². The number of nitrogens with one attached hydrogen (secondary N) is 1. The van der Waals surface area contributed by atoms with Crippen molar-refractivity contribution in [3.63, 3.8) is 0 Å². The minimum Gasteiger partial charge on any atom is -0.310 e. The van der Waals surface area contributed by atoms with Crippen LogP contribution in [0.15, 0.2) is 48.5 Å². The fourth-order valence-electron chi connectivity index (χ4n) is 3.77. The maximum atomic E-state index is 12.4. The molecule has 0 aliphatic carbocycles. The number of carbonyl (C=O) groups is 1. The van der Waals surface area contributed by atoms with Crippen LogP contribution in [-0.2, 0) is 4.79 Å². The molecule has 134 valence electrons. The van der Waals surface area contributed by atoms with Gasteiger partial charge in [-0.2, -0.15) is 9.78 Å². The molecule has 5 rings (SSSR count). The number of rotatable bonds is 2. The van der Waals surface area contributed by atoms with Crippen LogP contribution in [0, 0.1) is 13.8 Å². The Hall–Kier alpha value is -2.99. The number of aryl methyl sites for hydroxylation is 2. The molecule has 0 fully saturated rings. The van der Waals surface area contributed by atoms with E-state index in [1.807, 2.05) is 31.2 Å². The second kappa shape index (κ2) is 6.03. The quantitative estimate of drug-likeness (QED) is 0.559. The molecule has 1 aliphatic heterocycles. The van der Waals surface area contributed by atoms with E-state index in [2.05, 4.69) is 36.5 Å². The Morgan fingerprint density at radius 1 is 1.15 bits per heavy atom. The van der Waals surface area contributed by atoms with Crippen molar-refractivity contribution < 1.29 is 4.79 Å². The lowest BCUT2D eigenvalue weighted by Crippen LogP contribution is -2.24. The van der Waals surface area contributed by atoms with Gasteiger partial charge in [0.05, 0.1) is 15.9 Å². The number of hydrogen-bond donors (Lipinski definition) is 1. The van der Waals surface area contributed by atoms with Crippen molar-refractivity contribution in [1.82, 2.24) is 14.8 Å². The Bertz CT molecular complexity index is 1180. The van der Waals surface area contributed by atoms with E-state index < -0.39 is 0 Å². The third-order valence-corrected chi connectivity index (χ3v) is 6.01. The first-order chi connectivity index (χ1) is 13.1. The van der Waals surface area contributed by atoms with Gasteiger partial charge in [-0.1, -0.05) is 47.7 Å². The molecule has 0 spiro atoms. The average Bonchev–Trinajstić information content (AvgIpc) is 3.22. The molecule has 0 saturated carbocycles. The molecule has 0 saturated heterocycles. The Morgan fingerprint density at radius 3 is 2.78 bits per heavy atom. The number of fused-ring (bicyclic) bond motifs is 2. The normalized spacial score (nSPS) is 16.4. The Balaban J connectivity index is 1.68. The first-order valence-corrected chi connectivity index (χ1v) is 9.73. The van der Waals surface area contributed by atoms with Gasteiger partial charge in [0.25, 0.3) is 0 Å². The summed E-state index contributed by atoms with van der Waals surface area (Å²) in [4.78, 5) is 17.2. The van der Waals surface area contributed by atoms with E-state index in [1.165, 1.54) is 5.56 Å². The van der Waals surface area contributed by atoms with E-state index in [1.54, 1.807) is 16.0 Å². The van der Waals surface area contributed by atoms with Crippen LogP contribution in [0.1, 0.15) is 34.7 Å². The summed E-state index contributed by atoms with van der Waals surface area (Å²) in [6.45, 7) is 4.07. The predicted molar refractivity (Wildman–Crippen MR) is 108 cm³/mol. The number of thiazole rings is 1. The van der Waals surface area contributed by atoms with Crippen molar-refractivity contribution >= 4 is 33.3 Å². The van der Waals surface area contributed by atoms with Gasteiger partial charge >= 0.3 is 0 Å². The van der Waals surface area contributed by atoms with E-state index in [4.69, 9.17) is 10.1 Å². The van der Waals surface area contributed by atoms with Crippen LogP contribution in [0.4, 0.5) is 5.82 Å². The van der Waals surface area contributed by atoms with Crippen molar-refractivity contribution in [3.8, 4) is 5.13 Å². The zero-order valence-corrected chi connectivity index (χ0v) is 15.9. The topological polar surface area (TPSA) is 59.8 Å². The minimum atomic E-state index is 0.00876. The number of nitrogens with zero attached hydrogens (tertiary/aromatic N) is 3. The third kappa shape index (κ3) is 2.64. The molecule has 1 N–H and O–H groups in total. The number of carbonyl (C=O) groups excluding carboxylic acids is 1. The lowest BCUT2D eigenvalue weighted by atomic mass is 9.86. The average molecular weight is 374 g/mol. The fourth-order valence-corrected chi connectivity index (χ4v) is 4.79. The molecule has 2 aromatic heterocycles. The Labute approximate surface area is 160 Å². The highest BCUT2D eigenvalue weighted by molar-refractivity contribution is 7.20. The fraction of sp³-hybridized carbons (Fsp3) is 0.190. The van der Waals surface area contributed by atoms with Gasteiger partial charge in [-0.3, -0.25) is 4.79 Å². The molecule has 3 heterocycles. The summed E-state index contributed by atoms with van der Waals surface area (Å²) in [6.07, 6.45) is 0.433. The molecule has 1 amide bonds. The number of hydrogen-bond acceptors (Lipinski definition) is 4. The van der Waals surface area contributed by atoms with Gasteiger partial charge in [0, 0.05) is 17.9 Å². The van der Waals surface area contributed by atoms with Crippen LogP contribution in [-0.4, -0.2) is 20.7 Å².